The third-order valence-corrected chi connectivity index (χ3v) is 3.78. The van der Waals surface area contributed by atoms with E-state index in [0.717, 1.165) is 11.2 Å². The molecule has 0 N–H and O–H groups in total. The molecule has 0 atom stereocenters. The summed E-state index contributed by atoms with van der Waals surface area (Å²) in [7, 11) is 1.99. The van der Waals surface area contributed by atoms with Crippen molar-refractivity contribution in [3.63, 3.8) is 0 Å². The summed E-state index contributed by atoms with van der Waals surface area (Å²) in [5.74, 6) is 0. The Bertz CT molecular complexity index is 919. The molecule has 20 heavy (non-hydrogen) atoms. The van der Waals surface area contributed by atoms with Crippen molar-refractivity contribution in [3.05, 3.63) is 66.7 Å². The first-order valence-electron chi connectivity index (χ1n) is 6.74. The maximum absolute atomic E-state index is 4.68. The van der Waals surface area contributed by atoms with Crippen molar-refractivity contribution in [2.24, 2.45) is 7.05 Å². The molecule has 96 valence electrons. The van der Waals surface area contributed by atoms with Gasteiger partial charge in [-0.15, -0.1) is 0 Å². The molecule has 3 aromatic carbocycles. The van der Waals surface area contributed by atoms with Crippen LogP contribution < -0.4 is 0 Å². The number of para-hydroxylation sites is 1. The van der Waals surface area contributed by atoms with Crippen molar-refractivity contribution in [1.29, 1.82) is 0 Å². The highest BCUT2D eigenvalue weighted by molar-refractivity contribution is 5.96. The van der Waals surface area contributed by atoms with Gasteiger partial charge in [-0.25, -0.2) is 0 Å². The third kappa shape index (κ3) is 1.62. The Labute approximate surface area is 117 Å². The summed E-state index contributed by atoms with van der Waals surface area (Å²) >= 11 is 0. The molecule has 0 aliphatic rings. The first kappa shape index (κ1) is 11.2. The molecule has 0 bridgehead atoms. The van der Waals surface area contributed by atoms with Crippen LogP contribution in [0.25, 0.3) is 32.9 Å². The van der Waals surface area contributed by atoms with Gasteiger partial charge in [-0.3, -0.25) is 4.68 Å². The maximum Gasteiger partial charge on any atom is 0.100 e. The Morgan fingerprint density at radius 1 is 0.800 bits per heavy atom. The second kappa shape index (κ2) is 4.20. The van der Waals surface area contributed by atoms with E-state index in [0.29, 0.717) is 0 Å². The highest BCUT2D eigenvalue weighted by Crippen LogP contribution is 2.29. The monoisotopic (exact) mass is 258 g/mol. The Kier molecular flexibility index (Phi) is 2.36. The van der Waals surface area contributed by atoms with Gasteiger partial charge in [0.25, 0.3) is 0 Å². The van der Waals surface area contributed by atoms with Crippen LogP contribution in [0.3, 0.4) is 0 Å². The second-order valence-corrected chi connectivity index (χ2v) is 5.05. The summed E-state index contributed by atoms with van der Waals surface area (Å²) in [5, 5.41) is 8.39. The normalized spacial score (nSPS) is 11.2. The van der Waals surface area contributed by atoms with E-state index in [1.165, 1.54) is 21.7 Å². The van der Waals surface area contributed by atoms with Crippen molar-refractivity contribution in [3.8, 4) is 11.3 Å². The van der Waals surface area contributed by atoms with Crippen molar-refractivity contribution >= 4 is 21.7 Å². The van der Waals surface area contributed by atoms with Crippen LogP contribution in [0.5, 0.6) is 0 Å². The summed E-state index contributed by atoms with van der Waals surface area (Å²) in [4.78, 5) is 0. The lowest BCUT2D eigenvalue weighted by atomic mass is 10.0. The molecule has 0 amide bonds. The zero-order valence-corrected chi connectivity index (χ0v) is 11.2. The minimum absolute atomic E-state index is 1.05. The Hall–Kier alpha value is -2.61. The van der Waals surface area contributed by atoms with Gasteiger partial charge in [0.05, 0.1) is 5.52 Å². The van der Waals surface area contributed by atoms with Gasteiger partial charge in [-0.1, -0.05) is 54.6 Å². The number of nitrogens with zero attached hydrogens (tertiary/aromatic N) is 2. The molecule has 4 rings (SSSR count). The Balaban J connectivity index is 2.01. The van der Waals surface area contributed by atoms with Gasteiger partial charge in [-0.05, 0) is 22.9 Å². The van der Waals surface area contributed by atoms with Gasteiger partial charge in [0, 0.05) is 18.0 Å². The molecule has 4 aromatic rings. The molecule has 0 saturated carbocycles. The van der Waals surface area contributed by atoms with E-state index in [9.17, 15) is 0 Å². The molecule has 1 heterocycles. The van der Waals surface area contributed by atoms with E-state index < -0.39 is 0 Å². The minimum Gasteiger partial charge on any atom is -0.267 e. The lowest BCUT2D eigenvalue weighted by molar-refractivity contribution is 0.800. The van der Waals surface area contributed by atoms with Gasteiger partial charge in [0.15, 0.2) is 0 Å². The summed E-state index contributed by atoms with van der Waals surface area (Å²) in [5.41, 5.74) is 3.38. The van der Waals surface area contributed by atoms with Gasteiger partial charge in [-0.2, -0.15) is 5.10 Å². The van der Waals surface area contributed by atoms with E-state index in [-0.39, 0.29) is 0 Å². The summed E-state index contributed by atoms with van der Waals surface area (Å²) in [6.45, 7) is 0. The SMILES string of the molecule is Cn1nc(-c2ccc3ccccc3c2)c2ccccc21. The average molecular weight is 258 g/mol. The molecule has 1 aromatic heterocycles. The van der Waals surface area contributed by atoms with Gasteiger partial charge in [0.1, 0.15) is 5.69 Å². The molecule has 0 radical (unpaired) electrons. The van der Waals surface area contributed by atoms with E-state index in [2.05, 4.69) is 65.8 Å². The van der Waals surface area contributed by atoms with Crippen LogP contribution >= 0.6 is 0 Å². The zero-order valence-electron chi connectivity index (χ0n) is 11.2. The van der Waals surface area contributed by atoms with Crippen LogP contribution in [0.15, 0.2) is 66.7 Å². The van der Waals surface area contributed by atoms with Crippen molar-refractivity contribution in [2.45, 2.75) is 0 Å². The van der Waals surface area contributed by atoms with Crippen molar-refractivity contribution in [1.82, 2.24) is 9.78 Å². The standard InChI is InChI=1S/C18H14N2/c1-20-17-9-5-4-8-16(17)18(19-20)15-11-10-13-6-2-3-7-14(13)12-15/h2-12H,1H3. The molecular formula is C18H14N2. The average Bonchev–Trinajstić information content (AvgIpc) is 2.85. The molecule has 0 aliphatic heterocycles. The highest BCUT2D eigenvalue weighted by atomic mass is 15.3. The topological polar surface area (TPSA) is 17.8 Å². The fraction of sp³-hybridized carbons (Fsp3) is 0.0556. The number of aromatic nitrogens is 2. The summed E-state index contributed by atoms with van der Waals surface area (Å²) < 4.78 is 1.94. The fourth-order valence-corrected chi connectivity index (χ4v) is 2.76. The summed E-state index contributed by atoms with van der Waals surface area (Å²) in [6, 6.07) is 23.3. The van der Waals surface area contributed by atoms with E-state index >= 15 is 0 Å². The fourth-order valence-electron chi connectivity index (χ4n) is 2.76. The lowest BCUT2D eigenvalue weighted by Crippen LogP contribution is -1.89. The van der Waals surface area contributed by atoms with Crippen LogP contribution in [0.4, 0.5) is 0 Å². The molecule has 0 unspecified atom stereocenters. The molecule has 0 fully saturated rings. The van der Waals surface area contributed by atoms with Crippen LogP contribution in [0.1, 0.15) is 0 Å². The van der Waals surface area contributed by atoms with E-state index in [1.54, 1.807) is 0 Å². The number of hydrogen-bond acceptors (Lipinski definition) is 1. The largest absolute Gasteiger partial charge is 0.267 e. The third-order valence-electron chi connectivity index (χ3n) is 3.78. The number of hydrogen-bond donors (Lipinski definition) is 0. The van der Waals surface area contributed by atoms with Gasteiger partial charge < -0.3 is 0 Å². The predicted molar refractivity (Wildman–Crippen MR) is 83.7 cm³/mol. The van der Waals surface area contributed by atoms with Crippen LogP contribution in [0.2, 0.25) is 0 Å². The maximum atomic E-state index is 4.68. The van der Waals surface area contributed by atoms with Crippen LogP contribution in [0, 0.1) is 0 Å². The molecular weight excluding hydrogens is 244 g/mol. The van der Waals surface area contributed by atoms with Crippen molar-refractivity contribution in [2.75, 3.05) is 0 Å². The Morgan fingerprint density at radius 3 is 2.45 bits per heavy atom. The first-order valence-corrected chi connectivity index (χ1v) is 6.74. The number of aryl methyl sites for hydroxylation is 1. The van der Waals surface area contributed by atoms with Gasteiger partial charge in [0.2, 0.25) is 0 Å². The van der Waals surface area contributed by atoms with Crippen molar-refractivity contribution < 1.29 is 0 Å². The smallest absolute Gasteiger partial charge is 0.100 e. The number of benzene rings is 3. The zero-order chi connectivity index (χ0) is 13.5. The lowest BCUT2D eigenvalue weighted by Gasteiger charge is -2.01. The highest BCUT2D eigenvalue weighted by Gasteiger charge is 2.10. The first-order chi connectivity index (χ1) is 9.83. The second-order valence-electron chi connectivity index (χ2n) is 5.05. The molecule has 0 saturated heterocycles. The van der Waals surface area contributed by atoms with Gasteiger partial charge >= 0.3 is 0 Å². The van der Waals surface area contributed by atoms with Crippen LogP contribution in [-0.4, -0.2) is 9.78 Å². The molecule has 0 aliphatic carbocycles. The Morgan fingerprint density at radius 2 is 1.55 bits per heavy atom. The minimum atomic E-state index is 1.05. The van der Waals surface area contributed by atoms with E-state index in [4.69, 9.17) is 0 Å². The number of fused-ring (bicyclic) bond motifs is 2. The van der Waals surface area contributed by atoms with Crippen LogP contribution in [-0.2, 0) is 7.05 Å². The molecule has 0 spiro atoms. The predicted octanol–water partition coefficient (Wildman–Crippen LogP) is 4.39. The quantitative estimate of drug-likeness (QED) is 0.495. The molecule has 2 nitrogen and oxygen atoms in total. The summed E-state index contributed by atoms with van der Waals surface area (Å²) in [6.07, 6.45) is 0. The molecule has 2 heteroatoms. The van der Waals surface area contributed by atoms with E-state index in [1.807, 2.05) is 17.8 Å². The number of rotatable bonds is 1.